The lowest BCUT2D eigenvalue weighted by molar-refractivity contribution is -0.126. The summed E-state index contributed by atoms with van der Waals surface area (Å²) in [6.45, 7) is 1.72. The molecule has 1 rings (SSSR count). The molecule has 0 saturated heterocycles. The molecule has 1 aromatic carbocycles. The van der Waals surface area contributed by atoms with Gasteiger partial charge in [-0.1, -0.05) is 12.1 Å². The Kier molecular flexibility index (Phi) is 5.13. The summed E-state index contributed by atoms with van der Waals surface area (Å²) in [5.41, 5.74) is 11.2. The van der Waals surface area contributed by atoms with E-state index in [0.717, 1.165) is 0 Å². The molecule has 3 amide bonds. The van der Waals surface area contributed by atoms with Crippen LogP contribution >= 0.6 is 0 Å². The highest BCUT2D eigenvalue weighted by Gasteiger charge is 2.19. The Morgan fingerprint density at radius 3 is 2.63 bits per heavy atom. The van der Waals surface area contributed by atoms with Crippen LogP contribution < -0.4 is 26.3 Å². The lowest BCUT2D eigenvalue weighted by atomic mass is 10.2. The van der Waals surface area contributed by atoms with Gasteiger partial charge in [-0.3, -0.25) is 10.1 Å². The fourth-order valence-electron chi connectivity index (χ4n) is 1.47. The van der Waals surface area contributed by atoms with Gasteiger partial charge in [0.2, 0.25) is 0 Å². The summed E-state index contributed by atoms with van der Waals surface area (Å²) in [5.74, 6) is 0.197. The number of para-hydroxylation sites is 1. The SMILES string of the molecule is COc1cccc(CN)c1OC(C)C(=O)NC(N)=O. The average molecular weight is 267 g/mol. The fourth-order valence-corrected chi connectivity index (χ4v) is 1.47. The second kappa shape index (κ2) is 6.60. The van der Waals surface area contributed by atoms with Crippen molar-refractivity contribution < 1.29 is 19.1 Å². The van der Waals surface area contributed by atoms with Gasteiger partial charge in [-0.2, -0.15) is 0 Å². The number of urea groups is 1. The largest absolute Gasteiger partial charge is 0.493 e. The number of nitrogens with two attached hydrogens (primary N) is 2. The maximum atomic E-state index is 11.5. The van der Waals surface area contributed by atoms with Crippen LogP contribution in [0.4, 0.5) is 4.79 Å². The van der Waals surface area contributed by atoms with Crippen molar-refractivity contribution in [2.45, 2.75) is 19.6 Å². The summed E-state index contributed by atoms with van der Waals surface area (Å²) in [7, 11) is 1.48. The van der Waals surface area contributed by atoms with Crippen molar-refractivity contribution in [3.8, 4) is 11.5 Å². The van der Waals surface area contributed by atoms with Gasteiger partial charge >= 0.3 is 6.03 Å². The second-order valence-corrected chi connectivity index (χ2v) is 3.77. The number of hydrogen-bond donors (Lipinski definition) is 3. The van der Waals surface area contributed by atoms with Crippen LogP contribution in [0.2, 0.25) is 0 Å². The number of amides is 3. The minimum Gasteiger partial charge on any atom is -0.493 e. The van der Waals surface area contributed by atoms with Gasteiger partial charge in [0.25, 0.3) is 5.91 Å². The van der Waals surface area contributed by atoms with Gasteiger partial charge in [-0.15, -0.1) is 0 Å². The van der Waals surface area contributed by atoms with Crippen LogP contribution in [0.5, 0.6) is 11.5 Å². The first-order valence-electron chi connectivity index (χ1n) is 5.62. The molecule has 5 N–H and O–H groups in total. The Labute approximate surface area is 110 Å². The third-order valence-electron chi connectivity index (χ3n) is 2.41. The van der Waals surface area contributed by atoms with E-state index in [1.54, 1.807) is 18.2 Å². The zero-order valence-corrected chi connectivity index (χ0v) is 10.8. The van der Waals surface area contributed by atoms with Crippen molar-refractivity contribution in [3.05, 3.63) is 23.8 Å². The Hall–Kier alpha value is -2.28. The molecular formula is C12H17N3O4. The maximum absolute atomic E-state index is 11.5. The first-order valence-corrected chi connectivity index (χ1v) is 5.62. The van der Waals surface area contributed by atoms with Crippen LogP contribution in [-0.2, 0) is 11.3 Å². The van der Waals surface area contributed by atoms with E-state index in [0.29, 0.717) is 17.1 Å². The van der Waals surface area contributed by atoms with Crippen molar-refractivity contribution >= 4 is 11.9 Å². The van der Waals surface area contributed by atoms with E-state index >= 15 is 0 Å². The lowest BCUT2D eigenvalue weighted by Gasteiger charge is -2.18. The predicted octanol–water partition coefficient (Wildman–Crippen LogP) is 0.116. The van der Waals surface area contributed by atoms with Crippen LogP contribution in [0, 0.1) is 0 Å². The van der Waals surface area contributed by atoms with Gasteiger partial charge in [-0.05, 0) is 13.0 Å². The highest BCUT2D eigenvalue weighted by molar-refractivity contribution is 5.95. The number of rotatable bonds is 5. The topological polar surface area (TPSA) is 117 Å². The van der Waals surface area contributed by atoms with Gasteiger partial charge in [0, 0.05) is 12.1 Å². The highest BCUT2D eigenvalue weighted by Crippen LogP contribution is 2.31. The number of ether oxygens (including phenoxy) is 2. The predicted molar refractivity (Wildman–Crippen MR) is 68.7 cm³/mol. The standard InChI is InChI=1S/C12H17N3O4/c1-7(11(16)15-12(14)17)19-10-8(6-13)4-3-5-9(10)18-2/h3-5,7H,6,13H2,1-2H3,(H3,14,15,16,17). The minimum atomic E-state index is -0.931. The van der Waals surface area contributed by atoms with Crippen LogP contribution in [0.15, 0.2) is 18.2 Å². The van der Waals surface area contributed by atoms with E-state index in [-0.39, 0.29) is 6.54 Å². The number of benzene rings is 1. The molecule has 0 spiro atoms. The van der Waals surface area contributed by atoms with Crippen molar-refractivity contribution in [3.63, 3.8) is 0 Å². The molecule has 1 unspecified atom stereocenters. The zero-order chi connectivity index (χ0) is 14.4. The molecule has 0 bridgehead atoms. The molecule has 7 nitrogen and oxygen atoms in total. The monoisotopic (exact) mass is 267 g/mol. The molecule has 104 valence electrons. The maximum Gasteiger partial charge on any atom is 0.318 e. The van der Waals surface area contributed by atoms with Crippen molar-refractivity contribution in [2.75, 3.05) is 7.11 Å². The van der Waals surface area contributed by atoms with Gasteiger partial charge in [0.15, 0.2) is 17.6 Å². The number of nitrogens with one attached hydrogen (secondary N) is 1. The van der Waals surface area contributed by atoms with Gasteiger partial charge < -0.3 is 20.9 Å². The van der Waals surface area contributed by atoms with Crippen molar-refractivity contribution in [1.82, 2.24) is 5.32 Å². The number of primary amides is 1. The molecule has 0 aliphatic carbocycles. The molecule has 1 atom stereocenters. The molecule has 0 radical (unpaired) electrons. The smallest absolute Gasteiger partial charge is 0.318 e. The molecule has 0 saturated carbocycles. The second-order valence-electron chi connectivity index (χ2n) is 3.77. The summed E-state index contributed by atoms with van der Waals surface area (Å²) in [4.78, 5) is 22.2. The van der Waals surface area contributed by atoms with Gasteiger partial charge in [-0.25, -0.2) is 4.79 Å². The molecule has 1 aromatic rings. The summed E-state index contributed by atoms with van der Waals surface area (Å²) in [5, 5.41) is 1.94. The molecule has 0 heterocycles. The minimum absolute atomic E-state index is 0.233. The Bertz CT molecular complexity index is 454. The summed E-state index contributed by atoms with van der Waals surface area (Å²) in [6, 6.07) is 4.28. The van der Waals surface area contributed by atoms with Crippen LogP contribution in [-0.4, -0.2) is 25.2 Å². The number of imide groups is 1. The number of carbonyl (C=O) groups excluding carboxylic acids is 2. The van der Waals surface area contributed by atoms with Crippen LogP contribution in [0.25, 0.3) is 0 Å². The molecule has 0 aliphatic rings. The molecule has 0 fully saturated rings. The molecule has 19 heavy (non-hydrogen) atoms. The van der Waals surface area contributed by atoms with E-state index in [4.69, 9.17) is 20.9 Å². The third-order valence-corrected chi connectivity index (χ3v) is 2.41. The third kappa shape index (κ3) is 3.85. The van der Waals surface area contributed by atoms with Crippen molar-refractivity contribution in [1.29, 1.82) is 0 Å². The Balaban J connectivity index is 2.91. The molecule has 7 heteroatoms. The highest BCUT2D eigenvalue weighted by atomic mass is 16.5. The number of carbonyl (C=O) groups is 2. The number of methoxy groups -OCH3 is 1. The average Bonchev–Trinajstić information content (AvgIpc) is 2.37. The van der Waals surface area contributed by atoms with Crippen molar-refractivity contribution in [2.24, 2.45) is 11.5 Å². The van der Waals surface area contributed by atoms with E-state index in [1.807, 2.05) is 5.32 Å². The number of hydrogen-bond acceptors (Lipinski definition) is 5. The van der Waals surface area contributed by atoms with E-state index in [9.17, 15) is 9.59 Å². The van der Waals surface area contributed by atoms with E-state index in [2.05, 4.69) is 0 Å². The first-order chi connectivity index (χ1) is 8.99. The molecular weight excluding hydrogens is 250 g/mol. The van der Waals surface area contributed by atoms with E-state index < -0.39 is 18.0 Å². The normalized spacial score (nSPS) is 11.5. The Morgan fingerprint density at radius 2 is 2.11 bits per heavy atom. The first kappa shape index (κ1) is 14.8. The van der Waals surface area contributed by atoms with Gasteiger partial charge in [0.1, 0.15) is 0 Å². The quantitative estimate of drug-likeness (QED) is 0.700. The van der Waals surface area contributed by atoms with Crippen LogP contribution in [0.3, 0.4) is 0 Å². The summed E-state index contributed by atoms with van der Waals surface area (Å²) >= 11 is 0. The summed E-state index contributed by atoms with van der Waals surface area (Å²) in [6.07, 6.45) is -0.908. The van der Waals surface area contributed by atoms with E-state index in [1.165, 1.54) is 14.0 Å². The lowest BCUT2D eigenvalue weighted by Crippen LogP contribution is -2.42. The van der Waals surface area contributed by atoms with Crippen LogP contribution in [0.1, 0.15) is 12.5 Å². The zero-order valence-electron chi connectivity index (χ0n) is 10.8. The summed E-state index contributed by atoms with van der Waals surface area (Å²) < 4.78 is 10.6. The fraction of sp³-hybridized carbons (Fsp3) is 0.333. The molecule has 0 aliphatic heterocycles. The Morgan fingerprint density at radius 1 is 1.42 bits per heavy atom. The molecule has 0 aromatic heterocycles. The van der Waals surface area contributed by atoms with Gasteiger partial charge in [0.05, 0.1) is 7.11 Å².